The molecule has 0 aliphatic carbocycles. The van der Waals surface area contributed by atoms with Crippen LogP contribution in [0.25, 0.3) is 15.9 Å². The summed E-state index contributed by atoms with van der Waals surface area (Å²) in [4.78, 5) is 16.3. The van der Waals surface area contributed by atoms with Crippen molar-refractivity contribution in [3.05, 3.63) is 53.2 Å². The molecule has 0 fully saturated rings. The minimum absolute atomic E-state index is 0.217. The van der Waals surface area contributed by atoms with Crippen molar-refractivity contribution in [3.63, 3.8) is 0 Å². The van der Waals surface area contributed by atoms with Crippen LogP contribution in [-0.4, -0.2) is 9.55 Å². The predicted octanol–water partition coefficient (Wildman–Crippen LogP) is 5.18. The third-order valence-corrected chi connectivity index (χ3v) is 5.65. The second-order valence-corrected chi connectivity index (χ2v) is 6.84. The van der Waals surface area contributed by atoms with Gasteiger partial charge in [-0.1, -0.05) is 23.2 Å². The Balaban J connectivity index is 2.44. The van der Waals surface area contributed by atoms with E-state index in [9.17, 15) is 4.79 Å². The van der Waals surface area contributed by atoms with E-state index in [0.717, 1.165) is 4.83 Å². The van der Waals surface area contributed by atoms with Gasteiger partial charge in [-0.25, -0.2) is 0 Å². The van der Waals surface area contributed by atoms with Crippen molar-refractivity contribution >= 4 is 72.9 Å². The highest BCUT2D eigenvalue weighted by Crippen LogP contribution is 2.34. The molecule has 8 heteroatoms. The molecule has 1 N–H and O–H groups in total. The molecule has 0 saturated heterocycles. The Hall–Kier alpha value is -0.660. The summed E-state index contributed by atoms with van der Waals surface area (Å²) >= 11 is 22.3. The molecule has 0 radical (unpaired) electrons. The Bertz CT molecular complexity index is 945. The molecule has 1 aromatic carbocycles. The molecule has 20 heavy (non-hydrogen) atoms. The Labute approximate surface area is 140 Å². The second-order valence-electron chi connectivity index (χ2n) is 3.93. The lowest BCUT2D eigenvalue weighted by molar-refractivity contribution is 0.943. The maximum absolute atomic E-state index is 12.5. The van der Waals surface area contributed by atoms with Gasteiger partial charge in [0.25, 0.3) is 5.56 Å². The SMILES string of the molecule is O=c1c2ccsc2[nH]c(=S)n1-c1ccc(Br)c(Cl)c1Cl. The number of fused-ring (bicyclic) bond motifs is 1. The van der Waals surface area contributed by atoms with Crippen molar-refractivity contribution in [1.82, 2.24) is 9.55 Å². The lowest BCUT2D eigenvalue weighted by atomic mass is 10.3. The molecule has 3 aromatic rings. The van der Waals surface area contributed by atoms with E-state index >= 15 is 0 Å². The first-order valence-electron chi connectivity index (χ1n) is 5.37. The van der Waals surface area contributed by atoms with E-state index in [1.165, 1.54) is 15.9 Å². The van der Waals surface area contributed by atoms with Crippen molar-refractivity contribution in [3.8, 4) is 5.69 Å². The van der Waals surface area contributed by atoms with E-state index in [1.54, 1.807) is 18.2 Å². The molecule has 102 valence electrons. The van der Waals surface area contributed by atoms with Gasteiger partial charge < -0.3 is 4.98 Å². The lowest BCUT2D eigenvalue weighted by Crippen LogP contribution is -2.20. The van der Waals surface area contributed by atoms with Crippen LogP contribution < -0.4 is 5.56 Å². The fourth-order valence-electron chi connectivity index (χ4n) is 1.85. The van der Waals surface area contributed by atoms with Crippen LogP contribution >= 0.6 is 62.7 Å². The normalized spacial score (nSPS) is 11.2. The number of aromatic amines is 1. The van der Waals surface area contributed by atoms with Crippen LogP contribution in [-0.2, 0) is 0 Å². The fraction of sp³-hybridized carbons (Fsp3) is 0. The van der Waals surface area contributed by atoms with Crippen molar-refractivity contribution in [2.45, 2.75) is 0 Å². The van der Waals surface area contributed by atoms with Crippen LogP contribution in [0.1, 0.15) is 0 Å². The maximum atomic E-state index is 12.5. The van der Waals surface area contributed by atoms with E-state index in [1.807, 2.05) is 5.38 Å². The fourth-order valence-corrected chi connectivity index (χ4v) is 3.83. The van der Waals surface area contributed by atoms with E-state index in [0.29, 0.717) is 20.6 Å². The first kappa shape index (κ1) is 14.3. The van der Waals surface area contributed by atoms with Crippen LogP contribution in [0.15, 0.2) is 32.8 Å². The van der Waals surface area contributed by atoms with Gasteiger partial charge in [0.05, 0.1) is 21.1 Å². The monoisotopic (exact) mass is 406 g/mol. The van der Waals surface area contributed by atoms with E-state index < -0.39 is 0 Å². The number of halogens is 3. The third-order valence-electron chi connectivity index (χ3n) is 2.78. The average Bonchev–Trinajstić information content (AvgIpc) is 2.87. The molecule has 3 nitrogen and oxygen atoms in total. The van der Waals surface area contributed by atoms with Crippen LogP contribution in [0.5, 0.6) is 0 Å². The molecule has 0 unspecified atom stereocenters. The van der Waals surface area contributed by atoms with Gasteiger partial charge in [-0.3, -0.25) is 9.36 Å². The zero-order valence-electron chi connectivity index (χ0n) is 9.62. The zero-order valence-corrected chi connectivity index (χ0v) is 14.3. The number of H-pyrrole nitrogens is 1. The number of hydrogen-bond donors (Lipinski definition) is 1. The van der Waals surface area contributed by atoms with Crippen LogP contribution in [0.3, 0.4) is 0 Å². The Kier molecular flexibility index (Phi) is 3.77. The molecule has 2 aromatic heterocycles. The third kappa shape index (κ3) is 2.16. The lowest BCUT2D eigenvalue weighted by Gasteiger charge is -2.10. The summed E-state index contributed by atoms with van der Waals surface area (Å²) in [6.07, 6.45) is 0. The first-order chi connectivity index (χ1) is 9.50. The average molecular weight is 408 g/mol. The summed E-state index contributed by atoms with van der Waals surface area (Å²) in [5.74, 6) is 0. The van der Waals surface area contributed by atoms with Crippen molar-refractivity contribution in [2.75, 3.05) is 0 Å². The molecule has 0 saturated carbocycles. The van der Waals surface area contributed by atoms with Gasteiger partial charge >= 0.3 is 0 Å². The summed E-state index contributed by atoms with van der Waals surface area (Å²) in [7, 11) is 0. The Morgan fingerprint density at radius 1 is 1.25 bits per heavy atom. The largest absolute Gasteiger partial charge is 0.323 e. The summed E-state index contributed by atoms with van der Waals surface area (Å²) in [6.45, 7) is 0. The molecule has 0 aliphatic rings. The van der Waals surface area contributed by atoms with Gasteiger partial charge in [0.2, 0.25) is 0 Å². The van der Waals surface area contributed by atoms with Crippen LogP contribution in [0.2, 0.25) is 10.0 Å². The summed E-state index contributed by atoms with van der Waals surface area (Å²) in [5.41, 5.74) is 0.240. The maximum Gasteiger partial charge on any atom is 0.267 e. The van der Waals surface area contributed by atoms with Crippen molar-refractivity contribution < 1.29 is 0 Å². The molecule has 0 aliphatic heterocycles. The molecular weight excluding hydrogens is 403 g/mol. The molecule has 0 spiro atoms. The van der Waals surface area contributed by atoms with Gasteiger partial charge in [-0.05, 0) is 51.7 Å². The highest BCUT2D eigenvalue weighted by molar-refractivity contribution is 9.10. The van der Waals surface area contributed by atoms with Crippen LogP contribution in [0.4, 0.5) is 0 Å². The number of thiophene rings is 1. The number of aromatic nitrogens is 2. The highest BCUT2D eigenvalue weighted by atomic mass is 79.9. The summed E-state index contributed by atoms with van der Waals surface area (Å²) in [6, 6.07) is 5.17. The van der Waals surface area contributed by atoms with E-state index in [2.05, 4.69) is 20.9 Å². The number of hydrogen-bond acceptors (Lipinski definition) is 3. The molecule has 0 amide bonds. The van der Waals surface area contributed by atoms with Gasteiger partial charge in [-0.2, -0.15) is 0 Å². The summed E-state index contributed by atoms with van der Waals surface area (Å²) < 4.78 is 2.29. The van der Waals surface area contributed by atoms with Gasteiger partial charge in [0.15, 0.2) is 4.77 Å². The Morgan fingerprint density at radius 2 is 2.00 bits per heavy atom. The molecule has 0 bridgehead atoms. The number of benzene rings is 1. The minimum atomic E-state index is -0.217. The Morgan fingerprint density at radius 3 is 2.75 bits per heavy atom. The molecule has 3 rings (SSSR count). The first-order valence-corrected chi connectivity index (χ1v) is 8.21. The summed E-state index contributed by atoms with van der Waals surface area (Å²) in [5, 5.41) is 3.02. The van der Waals surface area contributed by atoms with Gasteiger partial charge in [0, 0.05) is 4.47 Å². The highest BCUT2D eigenvalue weighted by Gasteiger charge is 2.14. The van der Waals surface area contributed by atoms with Crippen molar-refractivity contribution in [2.24, 2.45) is 0 Å². The molecule has 0 atom stereocenters. The molecular formula is C12H5BrCl2N2OS2. The van der Waals surface area contributed by atoms with Crippen LogP contribution in [0, 0.1) is 4.77 Å². The van der Waals surface area contributed by atoms with E-state index in [4.69, 9.17) is 35.4 Å². The van der Waals surface area contributed by atoms with Gasteiger partial charge in [-0.15, -0.1) is 11.3 Å². The molecule has 2 heterocycles. The second kappa shape index (κ2) is 5.27. The topological polar surface area (TPSA) is 37.8 Å². The predicted molar refractivity (Wildman–Crippen MR) is 90.3 cm³/mol. The smallest absolute Gasteiger partial charge is 0.267 e. The minimum Gasteiger partial charge on any atom is -0.323 e. The quantitative estimate of drug-likeness (QED) is 0.445. The number of nitrogens with one attached hydrogen (secondary N) is 1. The number of nitrogens with zero attached hydrogens (tertiary/aromatic N) is 1. The van der Waals surface area contributed by atoms with Crippen molar-refractivity contribution in [1.29, 1.82) is 0 Å². The van der Waals surface area contributed by atoms with E-state index in [-0.39, 0.29) is 15.4 Å². The standard InChI is InChI=1S/C12H5BrCl2N2OS2/c13-6-1-2-7(9(15)8(6)14)17-11(18)5-3-4-20-10(5)16-12(17)19/h1-4H,(H,16,19). The number of rotatable bonds is 1. The van der Waals surface area contributed by atoms with Gasteiger partial charge in [0.1, 0.15) is 4.83 Å². The zero-order chi connectivity index (χ0) is 14.4.